The Morgan fingerprint density at radius 2 is 1.91 bits per heavy atom. The molecule has 3 heterocycles. The van der Waals surface area contributed by atoms with Crippen LogP contribution in [0.4, 0.5) is 0 Å². The Balaban J connectivity index is 1.57. The number of Topliss-reactive ketones (excluding diaryl/α,β-unsaturated/α-hetero) is 1. The minimum Gasteiger partial charge on any atom is -0.291 e. The molecule has 0 radical (unpaired) electrons. The van der Waals surface area contributed by atoms with Crippen LogP contribution in [-0.2, 0) is 13.0 Å². The second kappa shape index (κ2) is 10.0. The third kappa shape index (κ3) is 4.77. The number of nitrogens with one attached hydrogen (secondary N) is 1. The summed E-state index contributed by atoms with van der Waals surface area (Å²) in [7, 11) is 0. The third-order valence-corrected chi connectivity index (χ3v) is 5.28. The minimum absolute atomic E-state index is 0.0399. The van der Waals surface area contributed by atoms with Crippen LogP contribution in [0.1, 0.15) is 61.7 Å². The Bertz CT molecular complexity index is 1170. The summed E-state index contributed by atoms with van der Waals surface area (Å²) in [4.78, 5) is 21.3. The Morgan fingerprint density at radius 3 is 2.59 bits per heavy atom. The van der Waals surface area contributed by atoms with Crippen LogP contribution in [0.5, 0.6) is 0 Å². The van der Waals surface area contributed by atoms with Gasteiger partial charge >= 0.3 is 0 Å². The number of H-pyrrole nitrogens is 1. The van der Waals surface area contributed by atoms with Crippen molar-refractivity contribution in [1.29, 1.82) is 0 Å². The van der Waals surface area contributed by atoms with Crippen molar-refractivity contribution >= 4 is 5.78 Å². The van der Waals surface area contributed by atoms with E-state index in [0.717, 1.165) is 53.9 Å². The zero-order valence-corrected chi connectivity index (χ0v) is 18.3. The predicted molar refractivity (Wildman–Crippen MR) is 120 cm³/mol. The summed E-state index contributed by atoms with van der Waals surface area (Å²) in [6.45, 7) is 4.46. The number of nitrogens with zero attached hydrogens (tertiary/aromatic N) is 7. The number of carbonyl (C=O) groups is 1. The maximum Gasteiger partial charge on any atom is 0.217 e. The first-order valence-electron chi connectivity index (χ1n) is 10.9. The number of aromatic nitrogens is 8. The summed E-state index contributed by atoms with van der Waals surface area (Å²) in [6, 6.07) is 11.9. The van der Waals surface area contributed by atoms with Gasteiger partial charge in [0.15, 0.2) is 0 Å². The largest absolute Gasteiger partial charge is 0.291 e. The van der Waals surface area contributed by atoms with E-state index in [4.69, 9.17) is 0 Å². The molecule has 4 aromatic rings. The number of pyridine rings is 1. The highest BCUT2D eigenvalue weighted by atomic mass is 16.1. The summed E-state index contributed by atoms with van der Waals surface area (Å²) in [5.74, 6) is 1.63. The first kappa shape index (κ1) is 21.5. The van der Waals surface area contributed by atoms with E-state index in [1.165, 1.54) is 0 Å². The molecule has 0 atom stereocenters. The van der Waals surface area contributed by atoms with Crippen molar-refractivity contribution in [2.75, 3.05) is 0 Å². The van der Waals surface area contributed by atoms with Crippen LogP contribution in [0.2, 0.25) is 0 Å². The quantitative estimate of drug-likeness (QED) is 0.300. The zero-order chi connectivity index (χ0) is 22.3. The van der Waals surface area contributed by atoms with E-state index < -0.39 is 0 Å². The molecule has 9 nitrogen and oxygen atoms in total. The fourth-order valence-corrected chi connectivity index (χ4v) is 3.53. The number of benzene rings is 1. The number of tetrazole rings is 1. The summed E-state index contributed by atoms with van der Waals surface area (Å²) in [5, 5.41) is 18.8. The smallest absolute Gasteiger partial charge is 0.217 e. The van der Waals surface area contributed by atoms with Crippen LogP contribution in [0.3, 0.4) is 0 Å². The van der Waals surface area contributed by atoms with E-state index in [1.54, 1.807) is 0 Å². The van der Waals surface area contributed by atoms with Crippen molar-refractivity contribution in [2.24, 2.45) is 0 Å². The van der Waals surface area contributed by atoms with Gasteiger partial charge in [-0.3, -0.25) is 9.78 Å². The lowest BCUT2D eigenvalue weighted by Crippen LogP contribution is -2.09. The van der Waals surface area contributed by atoms with Gasteiger partial charge in [0.05, 0.1) is 12.2 Å². The highest BCUT2D eigenvalue weighted by Gasteiger charge is 2.16. The minimum atomic E-state index is -0.0399. The van der Waals surface area contributed by atoms with Gasteiger partial charge < -0.3 is 0 Å². The highest BCUT2D eigenvalue weighted by molar-refractivity contribution is 5.92. The topological polar surface area (TPSA) is 115 Å². The number of hydrogen-bond acceptors (Lipinski definition) is 7. The molecule has 0 aliphatic carbocycles. The summed E-state index contributed by atoms with van der Waals surface area (Å²) >= 11 is 0. The Morgan fingerprint density at radius 1 is 1.06 bits per heavy atom. The van der Waals surface area contributed by atoms with Gasteiger partial charge in [-0.05, 0) is 23.3 Å². The van der Waals surface area contributed by atoms with Gasteiger partial charge in [-0.2, -0.15) is 5.21 Å². The fourth-order valence-electron chi connectivity index (χ4n) is 3.53. The molecule has 1 aromatic carbocycles. The van der Waals surface area contributed by atoms with Crippen molar-refractivity contribution < 1.29 is 4.79 Å². The molecule has 0 saturated carbocycles. The second-order valence-electron chi connectivity index (χ2n) is 7.56. The zero-order valence-electron chi connectivity index (χ0n) is 18.3. The van der Waals surface area contributed by atoms with Crippen LogP contribution in [-0.4, -0.2) is 46.2 Å². The van der Waals surface area contributed by atoms with Crippen molar-refractivity contribution in [2.45, 2.75) is 52.5 Å². The van der Waals surface area contributed by atoms with E-state index in [-0.39, 0.29) is 5.78 Å². The summed E-state index contributed by atoms with van der Waals surface area (Å²) < 4.78 is 1.81. The number of aromatic amines is 1. The molecule has 9 heteroatoms. The number of ketones is 1. The highest BCUT2D eigenvalue weighted by Crippen LogP contribution is 2.29. The van der Waals surface area contributed by atoms with Gasteiger partial charge in [0.2, 0.25) is 17.4 Å². The lowest BCUT2D eigenvalue weighted by molar-refractivity contribution is 0.0978. The second-order valence-corrected chi connectivity index (χ2v) is 7.56. The molecule has 0 unspecified atom stereocenters. The van der Waals surface area contributed by atoms with E-state index in [2.05, 4.69) is 42.6 Å². The van der Waals surface area contributed by atoms with E-state index in [1.807, 2.05) is 54.2 Å². The molecular weight excluding hydrogens is 404 g/mol. The molecule has 0 amide bonds. The van der Waals surface area contributed by atoms with Crippen LogP contribution in [0.25, 0.3) is 22.5 Å². The average molecular weight is 431 g/mol. The van der Waals surface area contributed by atoms with Crippen molar-refractivity contribution in [3.8, 4) is 22.5 Å². The molecule has 0 bridgehead atoms. The van der Waals surface area contributed by atoms with Crippen molar-refractivity contribution in [1.82, 2.24) is 40.4 Å². The SMILES string of the molecule is CCCCCc1nc(C(=O)CC)nn1Cc1ccc(-c2ccccc2-c2nn[nH]n2)cn1. The van der Waals surface area contributed by atoms with Crippen molar-refractivity contribution in [3.05, 3.63) is 59.9 Å². The lowest BCUT2D eigenvalue weighted by Gasteiger charge is -2.09. The van der Waals surface area contributed by atoms with E-state index >= 15 is 0 Å². The maximum absolute atomic E-state index is 12.1. The van der Waals surface area contributed by atoms with Gasteiger partial charge in [-0.1, -0.05) is 57.0 Å². The molecule has 4 rings (SSSR count). The van der Waals surface area contributed by atoms with Gasteiger partial charge in [-0.15, -0.1) is 15.3 Å². The molecule has 0 fully saturated rings. The monoisotopic (exact) mass is 430 g/mol. The lowest BCUT2D eigenvalue weighted by atomic mass is 10.0. The molecule has 3 aromatic heterocycles. The average Bonchev–Trinajstić information content (AvgIpc) is 3.50. The van der Waals surface area contributed by atoms with Gasteiger partial charge in [0.25, 0.3) is 0 Å². The summed E-state index contributed by atoms with van der Waals surface area (Å²) in [5.41, 5.74) is 3.67. The first-order valence-corrected chi connectivity index (χ1v) is 10.9. The van der Waals surface area contributed by atoms with Gasteiger partial charge in [0.1, 0.15) is 5.82 Å². The molecule has 1 N–H and O–H groups in total. The van der Waals surface area contributed by atoms with Crippen LogP contribution in [0.15, 0.2) is 42.6 Å². The third-order valence-electron chi connectivity index (χ3n) is 5.28. The number of unbranched alkanes of at least 4 members (excludes halogenated alkanes) is 2. The number of rotatable bonds is 10. The maximum atomic E-state index is 12.1. The van der Waals surface area contributed by atoms with Crippen LogP contribution < -0.4 is 0 Å². The van der Waals surface area contributed by atoms with Crippen LogP contribution >= 0.6 is 0 Å². The molecule has 0 spiro atoms. The Hall–Kier alpha value is -3.75. The predicted octanol–water partition coefficient (Wildman–Crippen LogP) is 3.89. The van der Waals surface area contributed by atoms with Crippen LogP contribution in [0, 0.1) is 0 Å². The summed E-state index contributed by atoms with van der Waals surface area (Å²) in [6.07, 6.45) is 6.30. The molecular formula is C23H26N8O. The molecule has 32 heavy (non-hydrogen) atoms. The number of aryl methyl sites for hydroxylation is 1. The van der Waals surface area contributed by atoms with E-state index in [0.29, 0.717) is 24.6 Å². The Labute approximate surface area is 186 Å². The van der Waals surface area contributed by atoms with Crippen molar-refractivity contribution in [3.63, 3.8) is 0 Å². The molecule has 164 valence electrons. The normalized spacial score (nSPS) is 11.1. The Kier molecular flexibility index (Phi) is 6.74. The van der Waals surface area contributed by atoms with E-state index in [9.17, 15) is 4.79 Å². The molecule has 0 saturated heterocycles. The molecule has 0 aliphatic rings. The molecule has 0 aliphatic heterocycles. The van der Waals surface area contributed by atoms with Gasteiger partial charge in [-0.25, -0.2) is 9.67 Å². The van der Waals surface area contributed by atoms with Gasteiger partial charge in [0, 0.05) is 30.2 Å². The fraction of sp³-hybridized carbons (Fsp3) is 0.348. The standard InChI is InChI=1S/C23H26N8O/c1-3-5-6-11-21-25-23(20(32)4-2)28-31(21)15-17-13-12-16(14-24-17)18-9-7-8-10-19(18)22-26-29-30-27-22/h7-10,12-14H,3-6,11,15H2,1-2H3,(H,26,27,29,30). The number of hydrogen-bond donors (Lipinski definition) is 1. The number of carbonyl (C=O) groups excluding carboxylic acids is 1. The first-order chi connectivity index (χ1) is 15.7.